The van der Waals surface area contributed by atoms with Crippen LogP contribution in [-0.2, 0) is 14.9 Å². The molecule has 3 aromatic rings. The Labute approximate surface area is 185 Å². The van der Waals surface area contributed by atoms with E-state index in [1.165, 1.54) is 18.2 Å². The molecule has 0 radical (unpaired) electrons. The first-order valence-corrected chi connectivity index (χ1v) is 11.2. The van der Waals surface area contributed by atoms with Gasteiger partial charge < -0.3 is 9.64 Å². The second-order valence-electron chi connectivity index (χ2n) is 8.44. The van der Waals surface area contributed by atoms with E-state index in [0.29, 0.717) is 5.92 Å². The van der Waals surface area contributed by atoms with Crippen molar-refractivity contribution in [3.05, 3.63) is 108 Å². The quantitative estimate of drug-likeness (QED) is 0.485. The number of rotatable bonds is 7. The van der Waals surface area contributed by atoms with Crippen LogP contribution in [0.1, 0.15) is 41.9 Å². The summed E-state index contributed by atoms with van der Waals surface area (Å²) in [7, 11) is 1.50. The van der Waals surface area contributed by atoms with E-state index in [9.17, 15) is 4.79 Å². The average Bonchev–Trinajstić information content (AvgIpc) is 2.86. The largest absolute Gasteiger partial charge is 0.468 e. The Morgan fingerprint density at radius 1 is 0.839 bits per heavy atom. The lowest BCUT2D eigenvalue weighted by atomic mass is 9.72. The van der Waals surface area contributed by atoms with E-state index in [1.54, 1.807) is 0 Å². The minimum absolute atomic E-state index is 0.107. The molecule has 3 nitrogen and oxygen atoms in total. The minimum atomic E-state index is -0.523. The molecule has 0 unspecified atom stereocenters. The standard InChI is InChI=1S/C28H31NO2/c1-31-27(30)28(25-15-9-4-10-16-25)18-21-29(22-19-28)20-17-26(23-11-5-2-6-12-23)24-13-7-3-8-14-24/h2-16,26H,17-22H2,1H3. The van der Waals surface area contributed by atoms with Gasteiger partial charge in [0.2, 0.25) is 0 Å². The third-order valence-electron chi connectivity index (χ3n) is 6.75. The van der Waals surface area contributed by atoms with Crippen molar-refractivity contribution in [2.24, 2.45) is 0 Å². The van der Waals surface area contributed by atoms with Crippen molar-refractivity contribution in [2.45, 2.75) is 30.6 Å². The van der Waals surface area contributed by atoms with Crippen LogP contribution in [0.5, 0.6) is 0 Å². The third kappa shape index (κ3) is 4.72. The maximum Gasteiger partial charge on any atom is 0.316 e. The highest BCUT2D eigenvalue weighted by molar-refractivity contribution is 5.83. The number of carbonyl (C=O) groups is 1. The van der Waals surface area contributed by atoms with Gasteiger partial charge in [0.25, 0.3) is 0 Å². The maximum absolute atomic E-state index is 12.8. The smallest absolute Gasteiger partial charge is 0.316 e. The van der Waals surface area contributed by atoms with Crippen LogP contribution in [0, 0.1) is 0 Å². The lowest BCUT2D eigenvalue weighted by Crippen LogP contribution is -2.48. The lowest BCUT2D eigenvalue weighted by Gasteiger charge is -2.40. The van der Waals surface area contributed by atoms with Crippen LogP contribution >= 0.6 is 0 Å². The van der Waals surface area contributed by atoms with E-state index >= 15 is 0 Å². The predicted octanol–water partition coefficient (Wildman–Crippen LogP) is 5.42. The molecule has 0 atom stereocenters. The number of carbonyl (C=O) groups excluding carboxylic acids is 1. The van der Waals surface area contributed by atoms with Gasteiger partial charge in [-0.1, -0.05) is 91.0 Å². The molecule has 3 aromatic carbocycles. The Balaban J connectivity index is 1.45. The van der Waals surface area contributed by atoms with Crippen LogP contribution in [0.25, 0.3) is 0 Å². The van der Waals surface area contributed by atoms with E-state index in [2.05, 4.69) is 77.7 Å². The molecular formula is C28H31NO2. The molecule has 0 aromatic heterocycles. The van der Waals surface area contributed by atoms with Gasteiger partial charge in [-0.3, -0.25) is 4.79 Å². The number of ether oxygens (including phenoxy) is 1. The molecule has 0 bridgehead atoms. The fourth-order valence-electron chi connectivity index (χ4n) is 4.93. The van der Waals surface area contributed by atoms with Crippen molar-refractivity contribution in [1.29, 1.82) is 0 Å². The van der Waals surface area contributed by atoms with Gasteiger partial charge in [0.05, 0.1) is 12.5 Å². The molecule has 0 aliphatic carbocycles. The molecule has 1 heterocycles. The van der Waals surface area contributed by atoms with Crippen LogP contribution in [0.2, 0.25) is 0 Å². The Morgan fingerprint density at radius 2 is 1.32 bits per heavy atom. The first-order chi connectivity index (χ1) is 15.2. The number of piperidine rings is 1. The summed E-state index contributed by atoms with van der Waals surface area (Å²) >= 11 is 0. The van der Waals surface area contributed by atoms with Gasteiger partial charge in [-0.05, 0) is 55.6 Å². The zero-order valence-electron chi connectivity index (χ0n) is 18.2. The Hall–Kier alpha value is -2.91. The maximum atomic E-state index is 12.8. The monoisotopic (exact) mass is 413 g/mol. The average molecular weight is 414 g/mol. The molecule has 0 spiro atoms. The number of likely N-dealkylation sites (tertiary alicyclic amines) is 1. The van der Waals surface area contributed by atoms with Crippen LogP contribution in [0.4, 0.5) is 0 Å². The minimum Gasteiger partial charge on any atom is -0.468 e. The van der Waals surface area contributed by atoms with E-state index in [0.717, 1.165) is 44.5 Å². The van der Waals surface area contributed by atoms with Gasteiger partial charge in [0, 0.05) is 5.92 Å². The third-order valence-corrected chi connectivity index (χ3v) is 6.75. The van der Waals surface area contributed by atoms with Crippen LogP contribution < -0.4 is 0 Å². The molecule has 0 saturated carbocycles. The van der Waals surface area contributed by atoms with Crippen molar-refractivity contribution >= 4 is 5.97 Å². The molecule has 1 saturated heterocycles. The SMILES string of the molecule is COC(=O)C1(c2ccccc2)CCN(CCC(c2ccccc2)c2ccccc2)CC1. The summed E-state index contributed by atoms with van der Waals surface area (Å²) in [4.78, 5) is 15.3. The highest BCUT2D eigenvalue weighted by Crippen LogP contribution is 2.37. The summed E-state index contributed by atoms with van der Waals surface area (Å²) in [5, 5.41) is 0. The molecule has 1 aliphatic heterocycles. The van der Waals surface area contributed by atoms with Gasteiger partial charge in [-0.2, -0.15) is 0 Å². The molecule has 4 rings (SSSR count). The van der Waals surface area contributed by atoms with E-state index in [1.807, 2.05) is 18.2 Å². The van der Waals surface area contributed by atoms with E-state index in [4.69, 9.17) is 4.74 Å². The van der Waals surface area contributed by atoms with Crippen LogP contribution in [0.15, 0.2) is 91.0 Å². The van der Waals surface area contributed by atoms with E-state index < -0.39 is 5.41 Å². The number of hydrogen-bond donors (Lipinski definition) is 0. The normalized spacial score (nSPS) is 16.2. The molecular weight excluding hydrogens is 382 g/mol. The molecule has 0 amide bonds. The zero-order valence-corrected chi connectivity index (χ0v) is 18.2. The van der Waals surface area contributed by atoms with Crippen LogP contribution in [-0.4, -0.2) is 37.6 Å². The number of nitrogens with zero attached hydrogens (tertiary/aromatic N) is 1. The van der Waals surface area contributed by atoms with Crippen molar-refractivity contribution in [2.75, 3.05) is 26.7 Å². The first kappa shape index (κ1) is 21.3. The van der Waals surface area contributed by atoms with Gasteiger partial charge in [-0.25, -0.2) is 0 Å². The molecule has 1 aliphatic rings. The first-order valence-electron chi connectivity index (χ1n) is 11.2. The summed E-state index contributed by atoms with van der Waals surface area (Å²) in [6.07, 6.45) is 2.65. The molecule has 0 N–H and O–H groups in total. The lowest BCUT2D eigenvalue weighted by molar-refractivity contribution is -0.149. The second kappa shape index (κ2) is 9.93. The summed E-state index contributed by atoms with van der Waals surface area (Å²) in [6, 6.07) is 31.7. The summed E-state index contributed by atoms with van der Waals surface area (Å²) < 4.78 is 5.24. The second-order valence-corrected chi connectivity index (χ2v) is 8.44. The van der Waals surface area contributed by atoms with Gasteiger partial charge >= 0.3 is 5.97 Å². The van der Waals surface area contributed by atoms with Crippen LogP contribution in [0.3, 0.4) is 0 Å². The van der Waals surface area contributed by atoms with E-state index in [-0.39, 0.29) is 5.97 Å². The number of methoxy groups -OCH3 is 1. The topological polar surface area (TPSA) is 29.5 Å². The Bertz CT molecular complexity index is 909. The number of esters is 1. The fourth-order valence-corrected chi connectivity index (χ4v) is 4.93. The highest BCUT2D eigenvalue weighted by Gasteiger charge is 2.43. The highest BCUT2D eigenvalue weighted by atomic mass is 16.5. The summed E-state index contributed by atoms with van der Waals surface area (Å²) in [5.74, 6) is 0.272. The Morgan fingerprint density at radius 3 is 1.81 bits per heavy atom. The van der Waals surface area contributed by atoms with Gasteiger partial charge in [-0.15, -0.1) is 0 Å². The fraction of sp³-hybridized carbons (Fsp3) is 0.321. The number of benzene rings is 3. The summed E-state index contributed by atoms with van der Waals surface area (Å²) in [5.41, 5.74) is 3.27. The van der Waals surface area contributed by atoms with Crippen molar-refractivity contribution in [3.8, 4) is 0 Å². The number of hydrogen-bond acceptors (Lipinski definition) is 3. The molecule has 3 heteroatoms. The zero-order chi connectivity index (χ0) is 21.5. The molecule has 160 valence electrons. The molecule has 1 fully saturated rings. The summed E-state index contributed by atoms with van der Waals surface area (Å²) in [6.45, 7) is 2.82. The van der Waals surface area contributed by atoms with Gasteiger partial charge in [0.15, 0.2) is 0 Å². The van der Waals surface area contributed by atoms with Crippen molar-refractivity contribution in [1.82, 2.24) is 4.90 Å². The molecule has 31 heavy (non-hydrogen) atoms. The predicted molar refractivity (Wildman–Crippen MR) is 125 cm³/mol. The Kier molecular flexibility index (Phi) is 6.83. The van der Waals surface area contributed by atoms with Crippen molar-refractivity contribution < 1.29 is 9.53 Å². The van der Waals surface area contributed by atoms with Crippen molar-refractivity contribution in [3.63, 3.8) is 0 Å². The van der Waals surface area contributed by atoms with Gasteiger partial charge in [0.1, 0.15) is 0 Å².